The molecule has 1 aliphatic carbocycles. The molecule has 0 radical (unpaired) electrons. The van der Waals surface area contributed by atoms with Gasteiger partial charge in [0, 0.05) is 17.4 Å². The molecule has 6 nitrogen and oxygen atoms in total. The topological polar surface area (TPSA) is 107 Å². The van der Waals surface area contributed by atoms with Gasteiger partial charge in [0.2, 0.25) is 0 Å². The Morgan fingerprint density at radius 2 is 1.95 bits per heavy atom. The highest BCUT2D eigenvalue weighted by Crippen LogP contribution is 2.18. The molecular weight excluding hydrogens is 258 g/mol. The molecule has 0 saturated heterocycles. The van der Waals surface area contributed by atoms with E-state index in [-0.39, 0.29) is 29.8 Å². The summed E-state index contributed by atoms with van der Waals surface area (Å²) in [5.74, 6) is -0.900. The molecule has 0 aromatic heterocycles. The molecule has 1 aliphatic rings. The third-order valence-electron chi connectivity index (χ3n) is 3.35. The lowest BCUT2D eigenvalue weighted by Gasteiger charge is -2.12. The van der Waals surface area contributed by atoms with Crippen LogP contribution in [0.3, 0.4) is 0 Å². The van der Waals surface area contributed by atoms with Crippen molar-refractivity contribution in [3.8, 4) is 0 Å². The van der Waals surface area contributed by atoms with Gasteiger partial charge >= 0.3 is 5.97 Å². The number of carbonyl (C=O) groups excluding carboxylic acids is 2. The molecule has 1 saturated carbocycles. The number of hydrogen-bond acceptors (Lipinski definition) is 5. The van der Waals surface area contributed by atoms with E-state index >= 15 is 0 Å². The highest BCUT2D eigenvalue weighted by atomic mass is 16.5. The third-order valence-corrected chi connectivity index (χ3v) is 3.35. The average Bonchev–Trinajstić information content (AvgIpc) is 2.89. The zero-order chi connectivity index (χ0) is 14.5. The molecular formula is C14H19N3O3. The molecule has 0 bridgehead atoms. The number of ether oxygens (including phenoxy) is 1. The number of nitrogens with two attached hydrogens (primary N) is 2. The highest BCUT2D eigenvalue weighted by molar-refractivity contribution is 5.96. The summed E-state index contributed by atoms with van der Waals surface area (Å²) in [5, 5.41) is 2.84. The van der Waals surface area contributed by atoms with Crippen LogP contribution in [0.2, 0.25) is 0 Å². The van der Waals surface area contributed by atoms with Crippen molar-refractivity contribution >= 4 is 23.3 Å². The zero-order valence-corrected chi connectivity index (χ0v) is 11.2. The molecule has 2 rings (SSSR count). The van der Waals surface area contributed by atoms with Crippen LogP contribution < -0.4 is 16.8 Å². The van der Waals surface area contributed by atoms with Crippen molar-refractivity contribution in [3.63, 3.8) is 0 Å². The summed E-state index contributed by atoms with van der Waals surface area (Å²) in [7, 11) is 0. The first-order valence-corrected chi connectivity index (χ1v) is 6.68. The number of rotatable bonds is 4. The van der Waals surface area contributed by atoms with Crippen LogP contribution in [0.15, 0.2) is 18.2 Å². The fourth-order valence-electron chi connectivity index (χ4n) is 2.32. The molecule has 1 fully saturated rings. The molecule has 1 amide bonds. The average molecular weight is 277 g/mol. The molecule has 0 heterocycles. The van der Waals surface area contributed by atoms with Gasteiger partial charge < -0.3 is 21.5 Å². The van der Waals surface area contributed by atoms with E-state index < -0.39 is 5.97 Å². The number of amides is 1. The van der Waals surface area contributed by atoms with Gasteiger partial charge in [0.1, 0.15) is 0 Å². The quantitative estimate of drug-likeness (QED) is 0.563. The van der Waals surface area contributed by atoms with E-state index in [4.69, 9.17) is 16.2 Å². The monoisotopic (exact) mass is 277 g/mol. The minimum atomic E-state index is -0.621. The summed E-state index contributed by atoms with van der Waals surface area (Å²) >= 11 is 0. The van der Waals surface area contributed by atoms with E-state index in [0.717, 1.165) is 25.7 Å². The van der Waals surface area contributed by atoms with Crippen LogP contribution in [0.25, 0.3) is 0 Å². The molecule has 5 N–H and O–H groups in total. The van der Waals surface area contributed by atoms with Crippen molar-refractivity contribution in [2.45, 2.75) is 31.7 Å². The number of hydrogen-bond donors (Lipinski definition) is 3. The Labute approximate surface area is 117 Å². The minimum Gasteiger partial charge on any atom is -0.452 e. The molecule has 20 heavy (non-hydrogen) atoms. The van der Waals surface area contributed by atoms with Crippen LogP contribution in [0.1, 0.15) is 36.0 Å². The molecule has 0 atom stereocenters. The maximum Gasteiger partial charge on any atom is 0.340 e. The summed E-state index contributed by atoms with van der Waals surface area (Å²) < 4.78 is 4.95. The Hall–Kier alpha value is -2.24. The number of esters is 1. The van der Waals surface area contributed by atoms with Gasteiger partial charge in [0.15, 0.2) is 6.61 Å². The van der Waals surface area contributed by atoms with E-state index in [1.807, 2.05) is 0 Å². The molecule has 1 aromatic rings. The van der Waals surface area contributed by atoms with Crippen molar-refractivity contribution in [2.75, 3.05) is 18.1 Å². The first-order valence-electron chi connectivity index (χ1n) is 6.68. The van der Waals surface area contributed by atoms with Gasteiger partial charge in [-0.3, -0.25) is 4.79 Å². The van der Waals surface area contributed by atoms with Crippen LogP contribution in [0.4, 0.5) is 11.4 Å². The fourth-order valence-corrected chi connectivity index (χ4v) is 2.32. The van der Waals surface area contributed by atoms with Crippen LogP contribution >= 0.6 is 0 Å². The van der Waals surface area contributed by atoms with Gasteiger partial charge in [-0.1, -0.05) is 12.8 Å². The summed E-state index contributed by atoms with van der Waals surface area (Å²) in [6.07, 6.45) is 4.24. The van der Waals surface area contributed by atoms with E-state index in [1.165, 1.54) is 12.1 Å². The second-order valence-electron chi connectivity index (χ2n) is 4.97. The maximum atomic E-state index is 11.8. The highest BCUT2D eigenvalue weighted by Gasteiger charge is 2.18. The Morgan fingerprint density at radius 3 is 2.60 bits per heavy atom. The Kier molecular flexibility index (Phi) is 4.45. The molecule has 1 aromatic carbocycles. The summed E-state index contributed by atoms with van der Waals surface area (Å²) in [4.78, 5) is 23.4. The molecule has 6 heteroatoms. The minimum absolute atomic E-state index is 0.211. The smallest absolute Gasteiger partial charge is 0.340 e. The van der Waals surface area contributed by atoms with E-state index in [0.29, 0.717) is 5.69 Å². The number of carbonyl (C=O) groups is 2. The van der Waals surface area contributed by atoms with Gasteiger partial charge in [-0.2, -0.15) is 0 Å². The van der Waals surface area contributed by atoms with E-state index in [1.54, 1.807) is 6.07 Å². The second kappa shape index (κ2) is 6.27. The van der Waals surface area contributed by atoms with Crippen molar-refractivity contribution in [2.24, 2.45) is 0 Å². The van der Waals surface area contributed by atoms with Crippen LogP contribution in [0, 0.1) is 0 Å². The molecule has 0 unspecified atom stereocenters. The van der Waals surface area contributed by atoms with E-state index in [9.17, 15) is 9.59 Å². The fraction of sp³-hybridized carbons (Fsp3) is 0.429. The van der Waals surface area contributed by atoms with Gasteiger partial charge in [0.05, 0.1) is 5.56 Å². The summed E-state index contributed by atoms with van der Waals surface area (Å²) in [6.45, 7) is -0.293. The van der Waals surface area contributed by atoms with Crippen LogP contribution in [-0.4, -0.2) is 24.5 Å². The third kappa shape index (κ3) is 3.63. The summed E-state index contributed by atoms with van der Waals surface area (Å²) in [6, 6.07) is 4.74. The lowest BCUT2D eigenvalue weighted by atomic mass is 10.1. The standard InChI is InChI=1S/C14H19N3O3/c15-9-5-6-11(12(16)7-9)14(19)20-8-13(18)17-10-3-1-2-4-10/h5-7,10H,1-4,8,15-16H2,(H,17,18). The van der Waals surface area contributed by atoms with Gasteiger partial charge in [-0.05, 0) is 31.0 Å². The number of nitrogen functional groups attached to an aromatic ring is 2. The SMILES string of the molecule is Nc1ccc(C(=O)OCC(=O)NC2CCCC2)c(N)c1. The largest absolute Gasteiger partial charge is 0.452 e. The predicted octanol–water partition coefficient (Wildman–Crippen LogP) is 1.07. The van der Waals surface area contributed by atoms with Crippen molar-refractivity contribution in [3.05, 3.63) is 23.8 Å². The first-order chi connectivity index (χ1) is 9.56. The van der Waals surface area contributed by atoms with E-state index in [2.05, 4.69) is 5.32 Å². The van der Waals surface area contributed by atoms with Gasteiger partial charge in [-0.25, -0.2) is 4.79 Å². The lowest BCUT2D eigenvalue weighted by Crippen LogP contribution is -2.35. The van der Waals surface area contributed by atoms with Crippen molar-refractivity contribution in [1.82, 2.24) is 5.32 Å². The summed E-state index contributed by atoms with van der Waals surface area (Å²) in [5.41, 5.74) is 12.2. The van der Waals surface area contributed by atoms with Crippen molar-refractivity contribution < 1.29 is 14.3 Å². The second-order valence-corrected chi connectivity index (χ2v) is 4.97. The predicted molar refractivity (Wildman–Crippen MR) is 75.9 cm³/mol. The molecule has 108 valence electrons. The van der Waals surface area contributed by atoms with Crippen LogP contribution in [-0.2, 0) is 9.53 Å². The van der Waals surface area contributed by atoms with Gasteiger partial charge in [0.25, 0.3) is 5.91 Å². The number of benzene rings is 1. The Morgan fingerprint density at radius 1 is 1.25 bits per heavy atom. The lowest BCUT2D eigenvalue weighted by molar-refractivity contribution is -0.124. The Balaban J connectivity index is 1.83. The molecule has 0 spiro atoms. The Bertz CT molecular complexity index is 510. The van der Waals surface area contributed by atoms with Gasteiger partial charge in [-0.15, -0.1) is 0 Å². The van der Waals surface area contributed by atoms with Crippen LogP contribution in [0.5, 0.6) is 0 Å². The normalized spacial score (nSPS) is 15.0. The number of anilines is 2. The number of nitrogens with one attached hydrogen (secondary N) is 1. The zero-order valence-electron chi connectivity index (χ0n) is 11.2. The molecule has 0 aliphatic heterocycles. The van der Waals surface area contributed by atoms with Crippen molar-refractivity contribution in [1.29, 1.82) is 0 Å². The first kappa shape index (κ1) is 14.2. The maximum absolute atomic E-state index is 11.8.